The summed E-state index contributed by atoms with van der Waals surface area (Å²) in [4.78, 5) is 29.1. The summed E-state index contributed by atoms with van der Waals surface area (Å²) in [5.41, 5.74) is 4.67. The summed E-state index contributed by atoms with van der Waals surface area (Å²) in [5, 5.41) is 0. The zero-order chi connectivity index (χ0) is 19.7. The fraction of sp³-hybridized carbons (Fsp3) is 0.217. The zero-order valence-electron chi connectivity index (χ0n) is 16.1. The van der Waals surface area contributed by atoms with Crippen molar-refractivity contribution in [1.82, 2.24) is 9.47 Å². The van der Waals surface area contributed by atoms with Gasteiger partial charge in [0.15, 0.2) is 0 Å². The van der Waals surface area contributed by atoms with E-state index in [4.69, 9.17) is 0 Å². The van der Waals surface area contributed by atoms with Crippen molar-refractivity contribution >= 4 is 17.5 Å². The lowest BCUT2D eigenvalue weighted by atomic mass is 10.2. The summed E-state index contributed by atoms with van der Waals surface area (Å²) in [6.45, 7) is 3.14. The number of amides is 2. The van der Waals surface area contributed by atoms with Crippen LogP contribution >= 0.6 is 0 Å². The van der Waals surface area contributed by atoms with Crippen molar-refractivity contribution in [2.45, 2.75) is 6.92 Å². The number of carbonyl (C=O) groups excluding carboxylic acids is 2. The molecule has 28 heavy (non-hydrogen) atoms. The van der Waals surface area contributed by atoms with Gasteiger partial charge in [0, 0.05) is 31.5 Å². The van der Waals surface area contributed by atoms with Gasteiger partial charge in [0.1, 0.15) is 12.2 Å². The van der Waals surface area contributed by atoms with Crippen LogP contribution in [-0.4, -0.2) is 40.9 Å². The molecule has 0 atom stereocenters. The van der Waals surface area contributed by atoms with Crippen LogP contribution in [0.1, 0.15) is 16.1 Å². The normalized spacial score (nSPS) is 14.4. The Morgan fingerprint density at radius 2 is 1.61 bits per heavy atom. The number of rotatable bonds is 3. The molecule has 5 nitrogen and oxygen atoms in total. The molecule has 0 aliphatic carbocycles. The van der Waals surface area contributed by atoms with E-state index in [-0.39, 0.29) is 18.4 Å². The molecule has 0 spiro atoms. The molecule has 2 amide bonds. The summed E-state index contributed by atoms with van der Waals surface area (Å²) >= 11 is 0. The predicted octanol–water partition coefficient (Wildman–Crippen LogP) is 3.49. The third-order valence-electron chi connectivity index (χ3n) is 5.26. The van der Waals surface area contributed by atoms with Gasteiger partial charge in [0.05, 0.1) is 0 Å². The van der Waals surface area contributed by atoms with Gasteiger partial charge in [-0.2, -0.15) is 0 Å². The van der Waals surface area contributed by atoms with Crippen LogP contribution < -0.4 is 4.90 Å². The van der Waals surface area contributed by atoms with Crippen molar-refractivity contribution in [2.24, 2.45) is 7.05 Å². The average Bonchev–Trinajstić information content (AvgIpc) is 3.10. The van der Waals surface area contributed by atoms with Gasteiger partial charge in [-0.05, 0) is 36.8 Å². The van der Waals surface area contributed by atoms with Gasteiger partial charge in [-0.15, -0.1) is 0 Å². The molecule has 1 aliphatic rings. The van der Waals surface area contributed by atoms with Crippen LogP contribution in [0.5, 0.6) is 0 Å². The topological polar surface area (TPSA) is 45.5 Å². The molecule has 2 aromatic carbocycles. The third kappa shape index (κ3) is 3.31. The third-order valence-corrected chi connectivity index (χ3v) is 5.26. The molecule has 2 heterocycles. The van der Waals surface area contributed by atoms with Gasteiger partial charge in [-0.25, -0.2) is 0 Å². The van der Waals surface area contributed by atoms with E-state index in [1.165, 1.54) is 0 Å². The molecule has 3 aromatic rings. The van der Waals surface area contributed by atoms with Crippen LogP contribution in [-0.2, 0) is 11.8 Å². The Balaban J connectivity index is 1.50. The standard InChI is InChI=1S/C23H23N3O2/c1-17-8-10-19(11-9-17)26-15-14-25(16-22(26)27)23(28)21-13-12-20(24(21)2)18-6-4-3-5-7-18/h3-13H,14-16H2,1-2H3. The van der Waals surface area contributed by atoms with Crippen LogP contribution in [0, 0.1) is 6.92 Å². The monoisotopic (exact) mass is 373 g/mol. The molecule has 0 N–H and O–H groups in total. The van der Waals surface area contributed by atoms with Crippen LogP contribution in [0.2, 0.25) is 0 Å². The maximum absolute atomic E-state index is 13.0. The van der Waals surface area contributed by atoms with E-state index < -0.39 is 0 Å². The molecule has 5 heteroatoms. The minimum absolute atomic E-state index is 0.0547. The van der Waals surface area contributed by atoms with Crippen molar-refractivity contribution < 1.29 is 9.59 Å². The Kier molecular flexibility index (Phi) is 4.74. The molecule has 0 unspecified atom stereocenters. The highest BCUT2D eigenvalue weighted by atomic mass is 16.2. The number of hydrogen-bond acceptors (Lipinski definition) is 2. The Labute approximate surface area is 164 Å². The molecule has 1 saturated heterocycles. The van der Waals surface area contributed by atoms with Gasteiger partial charge >= 0.3 is 0 Å². The average molecular weight is 373 g/mol. The van der Waals surface area contributed by atoms with E-state index >= 15 is 0 Å². The van der Waals surface area contributed by atoms with Crippen LogP contribution in [0.15, 0.2) is 66.7 Å². The lowest BCUT2D eigenvalue weighted by Crippen LogP contribution is -2.52. The molecule has 1 fully saturated rings. The second-order valence-electron chi connectivity index (χ2n) is 7.14. The second kappa shape index (κ2) is 7.35. The van der Waals surface area contributed by atoms with Crippen molar-refractivity contribution in [3.63, 3.8) is 0 Å². The van der Waals surface area contributed by atoms with Crippen LogP contribution in [0.25, 0.3) is 11.3 Å². The van der Waals surface area contributed by atoms with Crippen LogP contribution in [0.3, 0.4) is 0 Å². The van der Waals surface area contributed by atoms with Gasteiger partial charge in [-0.1, -0.05) is 48.0 Å². The first-order valence-corrected chi connectivity index (χ1v) is 9.42. The first-order chi connectivity index (χ1) is 13.5. The number of piperazine rings is 1. The number of carbonyl (C=O) groups is 2. The number of hydrogen-bond donors (Lipinski definition) is 0. The lowest BCUT2D eigenvalue weighted by molar-refractivity contribution is -0.120. The summed E-state index contributed by atoms with van der Waals surface area (Å²) in [6.07, 6.45) is 0. The number of anilines is 1. The molecular formula is C23H23N3O2. The SMILES string of the molecule is Cc1ccc(N2CCN(C(=O)c3ccc(-c4ccccc4)n3C)CC2=O)cc1. The van der Waals surface area contributed by atoms with Crippen molar-refractivity contribution in [3.8, 4) is 11.3 Å². The largest absolute Gasteiger partial charge is 0.340 e. The summed E-state index contributed by atoms with van der Waals surface area (Å²) in [6, 6.07) is 21.7. The van der Waals surface area contributed by atoms with Crippen molar-refractivity contribution in [3.05, 3.63) is 78.0 Å². The van der Waals surface area contributed by atoms with E-state index in [9.17, 15) is 9.59 Å². The molecule has 0 bridgehead atoms. The first-order valence-electron chi connectivity index (χ1n) is 9.42. The Bertz CT molecular complexity index is 1010. The molecule has 0 radical (unpaired) electrons. The van der Waals surface area contributed by atoms with Crippen molar-refractivity contribution in [1.29, 1.82) is 0 Å². The minimum Gasteiger partial charge on any atom is -0.340 e. The summed E-state index contributed by atoms with van der Waals surface area (Å²) in [5.74, 6) is -0.164. The number of aryl methyl sites for hydroxylation is 1. The van der Waals surface area contributed by atoms with Crippen LogP contribution in [0.4, 0.5) is 5.69 Å². The fourth-order valence-electron chi connectivity index (χ4n) is 3.63. The Morgan fingerprint density at radius 1 is 0.893 bits per heavy atom. The minimum atomic E-state index is -0.110. The Morgan fingerprint density at radius 3 is 2.29 bits per heavy atom. The molecule has 142 valence electrons. The summed E-state index contributed by atoms with van der Waals surface area (Å²) in [7, 11) is 1.89. The molecule has 4 rings (SSSR count). The van der Waals surface area contributed by atoms with E-state index in [2.05, 4.69) is 0 Å². The number of benzene rings is 2. The second-order valence-corrected chi connectivity index (χ2v) is 7.14. The van der Waals surface area contributed by atoms with Gasteiger partial charge in [-0.3, -0.25) is 9.59 Å². The Hall–Kier alpha value is -3.34. The van der Waals surface area contributed by atoms with Gasteiger partial charge in [0.2, 0.25) is 5.91 Å². The lowest BCUT2D eigenvalue weighted by Gasteiger charge is -2.34. The zero-order valence-corrected chi connectivity index (χ0v) is 16.1. The highest BCUT2D eigenvalue weighted by molar-refractivity contribution is 6.01. The predicted molar refractivity (Wildman–Crippen MR) is 110 cm³/mol. The molecular weight excluding hydrogens is 350 g/mol. The highest BCUT2D eigenvalue weighted by Crippen LogP contribution is 2.23. The molecule has 1 aliphatic heterocycles. The van der Waals surface area contributed by atoms with Gasteiger partial charge < -0.3 is 14.4 Å². The smallest absolute Gasteiger partial charge is 0.271 e. The van der Waals surface area contributed by atoms with E-state index in [1.54, 1.807) is 9.80 Å². The van der Waals surface area contributed by atoms with Crippen molar-refractivity contribution in [2.75, 3.05) is 24.5 Å². The maximum atomic E-state index is 13.0. The quantitative estimate of drug-likeness (QED) is 0.705. The van der Waals surface area contributed by atoms with E-state index in [1.807, 2.05) is 85.3 Å². The highest BCUT2D eigenvalue weighted by Gasteiger charge is 2.29. The van der Waals surface area contributed by atoms with Gasteiger partial charge in [0.25, 0.3) is 5.91 Å². The first kappa shape index (κ1) is 18.0. The molecule has 1 aromatic heterocycles. The summed E-state index contributed by atoms with van der Waals surface area (Å²) < 4.78 is 1.90. The molecule has 0 saturated carbocycles. The fourth-order valence-corrected chi connectivity index (χ4v) is 3.63. The van der Waals surface area contributed by atoms with E-state index in [0.717, 1.165) is 22.5 Å². The maximum Gasteiger partial charge on any atom is 0.271 e. The van der Waals surface area contributed by atoms with E-state index in [0.29, 0.717) is 18.8 Å². The number of nitrogens with zero attached hydrogens (tertiary/aromatic N) is 3. The number of aromatic nitrogens is 1.